The summed E-state index contributed by atoms with van der Waals surface area (Å²) < 4.78 is 1.42. The zero-order valence-electron chi connectivity index (χ0n) is 14.7. The molecule has 0 aliphatic heterocycles. The van der Waals surface area contributed by atoms with Crippen LogP contribution in [0.5, 0.6) is 0 Å². The third-order valence-corrected chi connectivity index (χ3v) is 4.05. The summed E-state index contributed by atoms with van der Waals surface area (Å²) in [5, 5.41) is 25.8. The fourth-order valence-electron chi connectivity index (χ4n) is 2.91. The van der Waals surface area contributed by atoms with Gasteiger partial charge in [-0.2, -0.15) is 20.3 Å². The van der Waals surface area contributed by atoms with Crippen molar-refractivity contribution in [1.82, 2.24) is 14.8 Å². The number of carbonyl (C=O) groups excluding carboxylic acids is 1. The fourth-order valence-corrected chi connectivity index (χ4v) is 2.91. The molecule has 3 rings (SSSR count). The molecule has 0 bridgehead atoms. The van der Waals surface area contributed by atoms with E-state index in [0.29, 0.717) is 5.82 Å². The molecule has 0 fully saturated rings. The molecule has 1 aromatic carbocycles. The molecule has 2 heterocycles. The van der Waals surface area contributed by atoms with Gasteiger partial charge in [-0.1, -0.05) is 11.6 Å². The van der Waals surface area contributed by atoms with E-state index in [9.17, 15) is 10.1 Å². The van der Waals surface area contributed by atoms with Crippen LogP contribution in [0.25, 0.3) is 16.7 Å². The summed E-state index contributed by atoms with van der Waals surface area (Å²) in [6, 6.07) is 9.76. The smallest absolute Gasteiger partial charge is 0.239 e. The zero-order valence-corrected chi connectivity index (χ0v) is 14.7. The van der Waals surface area contributed by atoms with E-state index in [-0.39, 0.29) is 17.8 Å². The Bertz CT molecular complexity index is 1110. The number of nitriles is 2. The van der Waals surface area contributed by atoms with Gasteiger partial charge in [0, 0.05) is 5.39 Å². The zero-order chi connectivity index (χ0) is 18.8. The first-order valence-electron chi connectivity index (χ1n) is 7.98. The van der Waals surface area contributed by atoms with Gasteiger partial charge in [0.1, 0.15) is 18.1 Å². The second-order valence-electron chi connectivity index (χ2n) is 6.09. The summed E-state index contributed by atoms with van der Waals surface area (Å²) in [6.45, 7) is 6.01. The average Bonchev–Trinajstić information content (AvgIpc) is 2.98. The minimum absolute atomic E-state index is 0.205. The largest absolute Gasteiger partial charge is 0.309 e. The van der Waals surface area contributed by atoms with Crippen molar-refractivity contribution in [2.45, 2.75) is 27.2 Å². The van der Waals surface area contributed by atoms with Crippen LogP contribution in [0.1, 0.15) is 28.7 Å². The highest BCUT2D eigenvalue weighted by molar-refractivity contribution is 5.93. The number of hydrogen-bond acceptors (Lipinski definition) is 5. The Kier molecular flexibility index (Phi) is 4.38. The van der Waals surface area contributed by atoms with Gasteiger partial charge >= 0.3 is 0 Å². The number of benzene rings is 1. The summed E-state index contributed by atoms with van der Waals surface area (Å²) in [5.74, 6) is 0.203. The quantitative estimate of drug-likeness (QED) is 0.785. The van der Waals surface area contributed by atoms with Gasteiger partial charge in [-0.25, -0.2) is 4.98 Å². The van der Waals surface area contributed by atoms with Crippen LogP contribution >= 0.6 is 0 Å². The van der Waals surface area contributed by atoms with Crippen molar-refractivity contribution in [3.8, 4) is 18.0 Å². The normalized spacial score (nSPS) is 10.3. The van der Waals surface area contributed by atoms with E-state index in [2.05, 4.69) is 27.5 Å². The van der Waals surface area contributed by atoms with E-state index < -0.39 is 5.91 Å². The molecule has 1 N–H and O–H groups in total. The number of anilines is 1. The summed E-state index contributed by atoms with van der Waals surface area (Å²) in [5.41, 5.74) is 4.25. The number of fused-ring (bicyclic) bond motifs is 1. The van der Waals surface area contributed by atoms with Crippen molar-refractivity contribution >= 4 is 22.6 Å². The van der Waals surface area contributed by atoms with Gasteiger partial charge < -0.3 is 5.32 Å². The van der Waals surface area contributed by atoms with Crippen LogP contribution in [0, 0.1) is 43.4 Å². The number of amides is 1. The maximum Gasteiger partial charge on any atom is 0.239 e. The fraction of sp³-hybridized carbons (Fsp3) is 0.211. The first-order chi connectivity index (χ1) is 12.4. The van der Waals surface area contributed by atoms with Crippen LogP contribution in [0.2, 0.25) is 0 Å². The number of pyridine rings is 1. The number of nitrogens with one attached hydrogen (secondary N) is 1. The second-order valence-corrected chi connectivity index (χ2v) is 6.09. The monoisotopic (exact) mass is 344 g/mol. The van der Waals surface area contributed by atoms with Gasteiger partial charge in [0.25, 0.3) is 0 Å². The lowest BCUT2D eigenvalue weighted by atomic mass is 10.0. The molecule has 0 aliphatic carbocycles. The molecule has 2 aromatic heterocycles. The van der Waals surface area contributed by atoms with Crippen LogP contribution in [-0.2, 0) is 4.79 Å². The van der Waals surface area contributed by atoms with Crippen LogP contribution < -0.4 is 5.32 Å². The number of aromatic nitrogens is 3. The van der Waals surface area contributed by atoms with Crippen molar-refractivity contribution in [3.05, 3.63) is 46.6 Å². The van der Waals surface area contributed by atoms with Crippen LogP contribution in [0.4, 0.5) is 5.82 Å². The van der Waals surface area contributed by atoms with Crippen molar-refractivity contribution in [1.29, 1.82) is 10.5 Å². The number of aryl methyl sites for hydroxylation is 3. The predicted octanol–water partition coefficient (Wildman–Crippen LogP) is 3.07. The first kappa shape index (κ1) is 17.1. The highest BCUT2D eigenvalue weighted by Gasteiger charge is 2.17. The molecule has 0 aliphatic rings. The molecule has 7 heteroatoms. The minimum atomic E-state index is -0.505. The van der Waals surface area contributed by atoms with E-state index in [1.54, 1.807) is 6.07 Å². The average molecular weight is 344 g/mol. The third-order valence-electron chi connectivity index (χ3n) is 4.05. The van der Waals surface area contributed by atoms with E-state index in [1.807, 2.05) is 32.9 Å². The Morgan fingerprint density at radius 2 is 1.96 bits per heavy atom. The standard InChI is InChI=1S/C19H16N6O/c1-11-6-13(3)18-15(7-11)12(2)8-16(23-18)25-19(14(9-21)10-22-25)24-17(26)4-5-20/h6-8,10H,4H2,1-3H3,(H,24,26). The maximum atomic E-state index is 11.8. The van der Waals surface area contributed by atoms with E-state index in [4.69, 9.17) is 5.26 Å². The number of rotatable bonds is 3. The molecule has 26 heavy (non-hydrogen) atoms. The predicted molar refractivity (Wildman–Crippen MR) is 96.7 cm³/mol. The van der Waals surface area contributed by atoms with Gasteiger partial charge in [-0.3, -0.25) is 4.79 Å². The lowest BCUT2D eigenvalue weighted by molar-refractivity contribution is -0.115. The molecular formula is C19H16N6O. The molecule has 0 radical (unpaired) electrons. The van der Waals surface area contributed by atoms with Gasteiger partial charge in [-0.05, 0) is 44.0 Å². The van der Waals surface area contributed by atoms with Crippen molar-refractivity contribution in [2.24, 2.45) is 0 Å². The van der Waals surface area contributed by atoms with Gasteiger partial charge in [0.15, 0.2) is 11.6 Å². The lowest BCUT2D eigenvalue weighted by Crippen LogP contribution is -2.15. The molecular weight excluding hydrogens is 328 g/mol. The second kappa shape index (κ2) is 6.66. The highest BCUT2D eigenvalue weighted by atomic mass is 16.1. The molecule has 0 atom stereocenters. The minimum Gasteiger partial charge on any atom is -0.309 e. The van der Waals surface area contributed by atoms with Crippen molar-refractivity contribution < 1.29 is 4.79 Å². The number of carbonyl (C=O) groups is 1. The van der Waals surface area contributed by atoms with E-state index in [1.165, 1.54) is 10.9 Å². The molecule has 3 aromatic rings. The lowest BCUT2D eigenvalue weighted by Gasteiger charge is -2.12. The third kappa shape index (κ3) is 2.99. The Morgan fingerprint density at radius 1 is 1.19 bits per heavy atom. The molecule has 0 spiro atoms. The topological polar surface area (TPSA) is 107 Å². The Labute approximate surface area is 150 Å². The number of nitrogens with zero attached hydrogens (tertiary/aromatic N) is 5. The Balaban J connectivity index is 2.19. The van der Waals surface area contributed by atoms with Crippen molar-refractivity contribution in [2.75, 3.05) is 5.32 Å². The first-order valence-corrected chi connectivity index (χ1v) is 7.98. The summed E-state index contributed by atoms with van der Waals surface area (Å²) in [4.78, 5) is 16.5. The van der Waals surface area contributed by atoms with E-state index in [0.717, 1.165) is 27.6 Å². The van der Waals surface area contributed by atoms with Gasteiger partial charge in [-0.15, -0.1) is 0 Å². The SMILES string of the molecule is Cc1cc(C)c2nc(-n3ncc(C#N)c3NC(=O)CC#N)cc(C)c2c1. The maximum absolute atomic E-state index is 11.8. The van der Waals surface area contributed by atoms with E-state index >= 15 is 0 Å². The van der Waals surface area contributed by atoms with Crippen LogP contribution in [0.15, 0.2) is 24.4 Å². The molecule has 0 saturated heterocycles. The highest BCUT2D eigenvalue weighted by Crippen LogP contribution is 2.26. The molecule has 0 saturated carbocycles. The molecule has 7 nitrogen and oxygen atoms in total. The molecule has 0 unspecified atom stereocenters. The Hall–Kier alpha value is -3.71. The molecule has 1 amide bonds. The van der Waals surface area contributed by atoms with Crippen LogP contribution in [-0.4, -0.2) is 20.7 Å². The van der Waals surface area contributed by atoms with Crippen LogP contribution in [0.3, 0.4) is 0 Å². The summed E-state index contributed by atoms with van der Waals surface area (Å²) in [7, 11) is 0. The van der Waals surface area contributed by atoms with Gasteiger partial charge in [0.05, 0.1) is 17.8 Å². The summed E-state index contributed by atoms with van der Waals surface area (Å²) >= 11 is 0. The Morgan fingerprint density at radius 3 is 2.65 bits per heavy atom. The van der Waals surface area contributed by atoms with Crippen molar-refractivity contribution in [3.63, 3.8) is 0 Å². The molecule has 128 valence electrons. The number of hydrogen-bond donors (Lipinski definition) is 1. The van der Waals surface area contributed by atoms with Gasteiger partial charge in [0.2, 0.25) is 5.91 Å². The summed E-state index contributed by atoms with van der Waals surface area (Å²) in [6.07, 6.45) is 1.06.